The van der Waals surface area contributed by atoms with Crippen LogP contribution in [0.1, 0.15) is 48.0 Å². The zero-order valence-electron chi connectivity index (χ0n) is 11.5. The van der Waals surface area contributed by atoms with Crippen LogP contribution in [0.4, 0.5) is 0 Å². The van der Waals surface area contributed by atoms with E-state index in [1.807, 2.05) is 0 Å². The minimum absolute atomic E-state index is 0.337. The molecule has 0 N–H and O–H groups in total. The van der Waals surface area contributed by atoms with E-state index in [1.54, 1.807) is 11.1 Å². The summed E-state index contributed by atoms with van der Waals surface area (Å²) in [5, 5.41) is 0. The number of halogens is 3. The molecule has 0 nitrogen and oxygen atoms in total. The molecule has 0 saturated heterocycles. The van der Waals surface area contributed by atoms with Gasteiger partial charge in [-0.15, -0.1) is 0 Å². The quantitative estimate of drug-likeness (QED) is 0.450. The Hall–Kier alpha value is 1.06. The van der Waals surface area contributed by atoms with E-state index in [1.165, 1.54) is 6.42 Å². The molecule has 0 heterocycles. The Kier molecular flexibility index (Phi) is 7.45. The topological polar surface area (TPSA) is 0 Å². The van der Waals surface area contributed by atoms with Crippen LogP contribution in [0.3, 0.4) is 0 Å². The first-order chi connectivity index (χ1) is 7.44. The third-order valence-electron chi connectivity index (χ3n) is 2.79. The molecule has 0 fully saturated rings. The van der Waals surface area contributed by atoms with Crippen LogP contribution in [0, 0.1) is 10.8 Å². The molecular formula is C13H22Cl3Ti. The Labute approximate surface area is 124 Å². The van der Waals surface area contributed by atoms with Crippen LogP contribution in [0.2, 0.25) is 0 Å². The number of allylic oxidation sites excluding steroid dienone is 4. The summed E-state index contributed by atoms with van der Waals surface area (Å²) >= 11 is -1.92. The van der Waals surface area contributed by atoms with Crippen molar-refractivity contribution in [3.05, 3.63) is 23.3 Å². The van der Waals surface area contributed by atoms with Gasteiger partial charge in [0.2, 0.25) is 0 Å². The Morgan fingerprint density at radius 2 is 1.06 bits per heavy atom. The van der Waals surface area contributed by atoms with E-state index in [4.69, 9.17) is 27.9 Å². The zero-order chi connectivity index (χ0) is 13.9. The normalized spacial score (nSPS) is 15.8. The van der Waals surface area contributed by atoms with Gasteiger partial charge in [-0.3, -0.25) is 0 Å². The van der Waals surface area contributed by atoms with Gasteiger partial charge in [0.15, 0.2) is 0 Å². The molecule has 0 amide bonds. The van der Waals surface area contributed by atoms with Crippen molar-refractivity contribution in [2.45, 2.75) is 48.0 Å². The van der Waals surface area contributed by atoms with Crippen molar-refractivity contribution >= 4 is 27.9 Å². The zero-order valence-corrected chi connectivity index (χ0v) is 15.3. The molecule has 0 aromatic rings. The molecule has 0 radical (unpaired) electrons. The summed E-state index contributed by atoms with van der Waals surface area (Å²) in [7, 11) is 14.9. The maximum atomic E-state index is 4.97. The molecular weight excluding hydrogens is 310 g/mol. The SMILES string of the molecule is CC(C)(C)C1=CC=C(C(C)(C)C)C1.[Cl][Ti]([Cl])[Cl]. The van der Waals surface area contributed by atoms with E-state index >= 15 is 0 Å². The predicted molar refractivity (Wildman–Crippen MR) is 77.3 cm³/mol. The van der Waals surface area contributed by atoms with Gasteiger partial charge in [-0.1, -0.05) is 64.8 Å². The second-order valence-corrected chi connectivity index (χ2v) is 14.0. The van der Waals surface area contributed by atoms with Crippen molar-refractivity contribution in [2.24, 2.45) is 10.8 Å². The van der Waals surface area contributed by atoms with Gasteiger partial charge in [0.1, 0.15) is 0 Å². The number of hydrogen-bond acceptors (Lipinski definition) is 0. The van der Waals surface area contributed by atoms with E-state index in [0.717, 1.165) is 0 Å². The molecule has 0 atom stereocenters. The van der Waals surface area contributed by atoms with E-state index in [9.17, 15) is 0 Å². The Morgan fingerprint density at radius 3 is 1.18 bits per heavy atom. The molecule has 1 aliphatic carbocycles. The fourth-order valence-corrected chi connectivity index (χ4v) is 1.55. The molecule has 0 aromatic heterocycles. The summed E-state index contributed by atoms with van der Waals surface area (Å²) < 4.78 is 0. The van der Waals surface area contributed by atoms with Crippen molar-refractivity contribution in [2.75, 3.05) is 0 Å². The van der Waals surface area contributed by atoms with Gasteiger partial charge in [-0.25, -0.2) is 0 Å². The van der Waals surface area contributed by atoms with Crippen LogP contribution in [-0.2, 0) is 14.7 Å². The molecule has 0 aromatic carbocycles. The number of rotatable bonds is 0. The van der Waals surface area contributed by atoms with Crippen molar-refractivity contribution < 1.29 is 14.7 Å². The third-order valence-corrected chi connectivity index (χ3v) is 2.79. The second-order valence-electron chi connectivity index (χ2n) is 6.27. The van der Waals surface area contributed by atoms with Gasteiger partial charge in [-0.2, -0.15) is 0 Å². The van der Waals surface area contributed by atoms with Crippen molar-refractivity contribution in [3.63, 3.8) is 0 Å². The van der Waals surface area contributed by atoms with Crippen LogP contribution in [0.25, 0.3) is 0 Å². The first kappa shape index (κ1) is 18.1. The minimum atomic E-state index is -1.92. The van der Waals surface area contributed by atoms with Crippen molar-refractivity contribution in [3.8, 4) is 0 Å². The molecule has 1 aliphatic rings. The van der Waals surface area contributed by atoms with Gasteiger partial charge in [0.05, 0.1) is 0 Å². The van der Waals surface area contributed by atoms with E-state index in [-0.39, 0.29) is 0 Å². The second kappa shape index (κ2) is 7.01. The van der Waals surface area contributed by atoms with Crippen LogP contribution < -0.4 is 0 Å². The maximum absolute atomic E-state index is 4.97. The van der Waals surface area contributed by atoms with E-state index in [0.29, 0.717) is 10.8 Å². The summed E-state index contributed by atoms with van der Waals surface area (Å²) in [5.74, 6) is 0. The van der Waals surface area contributed by atoms with Crippen LogP contribution in [-0.4, -0.2) is 0 Å². The molecule has 0 saturated carbocycles. The molecule has 0 aliphatic heterocycles. The fourth-order valence-electron chi connectivity index (χ4n) is 1.55. The first-order valence-corrected chi connectivity index (χ1v) is 12.1. The summed E-state index contributed by atoms with van der Waals surface area (Å²) in [6.07, 6.45) is 5.79. The predicted octanol–water partition coefficient (Wildman–Crippen LogP) is 6.40. The Balaban J connectivity index is 0.000000557. The van der Waals surface area contributed by atoms with Crippen LogP contribution >= 0.6 is 27.9 Å². The summed E-state index contributed by atoms with van der Waals surface area (Å²) in [5.41, 5.74) is 3.81. The Bertz CT molecular complexity index is 273. The van der Waals surface area contributed by atoms with Gasteiger partial charge in [-0.05, 0) is 17.3 Å². The molecule has 0 unspecified atom stereocenters. The average molecular weight is 333 g/mol. The third kappa shape index (κ3) is 7.95. The Morgan fingerprint density at radius 1 is 0.824 bits per heavy atom. The fraction of sp³-hybridized carbons (Fsp3) is 0.692. The molecule has 17 heavy (non-hydrogen) atoms. The van der Waals surface area contributed by atoms with Gasteiger partial charge < -0.3 is 0 Å². The first-order valence-electron chi connectivity index (χ1n) is 5.68. The molecule has 99 valence electrons. The summed E-state index contributed by atoms with van der Waals surface area (Å²) in [6.45, 7) is 13.7. The number of hydrogen-bond donors (Lipinski definition) is 0. The average Bonchev–Trinajstić information content (AvgIpc) is 2.46. The van der Waals surface area contributed by atoms with Gasteiger partial charge in [0.25, 0.3) is 0 Å². The molecule has 4 heteroatoms. The summed E-state index contributed by atoms with van der Waals surface area (Å²) in [6, 6.07) is 0. The summed E-state index contributed by atoms with van der Waals surface area (Å²) in [4.78, 5) is 0. The monoisotopic (exact) mass is 331 g/mol. The molecule has 0 spiro atoms. The van der Waals surface area contributed by atoms with Crippen LogP contribution in [0.5, 0.6) is 0 Å². The standard InChI is InChI=1S/C13H22.3ClH.Ti/c1-12(2,3)10-7-8-11(9-10)13(4,5)6;;;;/h7-8H,9H2,1-6H3;3*1H;/q;;;;+3/p-3. The van der Waals surface area contributed by atoms with Crippen molar-refractivity contribution in [1.29, 1.82) is 0 Å². The van der Waals surface area contributed by atoms with Crippen molar-refractivity contribution in [1.82, 2.24) is 0 Å². The van der Waals surface area contributed by atoms with Crippen LogP contribution in [0.15, 0.2) is 23.3 Å². The van der Waals surface area contributed by atoms with Gasteiger partial charge >= 0.3 is 42.6 Å². The molecule has 0 bridgehead atoms. The molecule has 1 rings (SSSR count). The van der Waals surface area contributed by atoms with E-state index < -0.39 is 14.7 Å². The van der Waals surface area contributed by atoms with Gasteiger partial charge in [0, 0.05) is 0 Å². The van der Waals surface area contributed by atoms with E-state index in [2.05, 4.69) is 53.7 Å².